The van der Waals surface area contributed by atoms with Gasteiger partial charge in [0.05, 0.1) is 6.04 Å². The van der Waals surface area contributed by atoms with Crippen LogP contribution in [0.15, 0.2) is 4.52 Å². The first-order chi connectivity index (χ1) is 9.74. The summed E-state index contributed by atoms with van der Waals surface area (Å²) < 4.78 is 5.51. The van der Waals surface area contributed by atoms with E-state index in [1.54, 1.807) is 0 Å². The summed E-state index contributed by atoms with van der Waals surface area (Å²) in [7, 11) is 0. The standard InChI is InChI=1S/C16H27N3O/c1-11(2)12-6-8-13(9-7-12)15-18-16(20-19-15)14-5-3-4-10-17-14/h11-14,17H,3-10H2,1-2H3/t12?,13?,14-/m0/s1. The van der Waals surface area contributed by atoms with Crippen LogP contribution in [0, 0.1) is 11.8 Å². The normalized spacial score (nSPS) is 31.6. The minimum atomic E-state index is 0.289. The lowest BCUT2D eigenvalue weighted by atomic mass is 9.77. The summed E-state index contributed by atoms with van der Waals surface area (Å²) in [5, 5.41) is 7.74. The smallest absolute Gasteiger partial charge is 0.243 e. The molecule has 0 radical (unpaired) electrons. The minimum absolute atomic E-state index is 0.289. The van der Waals surface area contributed by atoms with Crippen molar-refractivity contribution in [3.8, 4) is 0 Å². The fourth-order valence-corrected chi connectivity index (χ4v) is 3.66. The van der Waals surface area contributed by atoms with E-state index in [0.717, 1.165) is 36.5 Å². The second-order valence-corrected chi connectivity index (χ2v) is 6.85. The van der Waals surface area contributed by atoms with Gasteiger partial charge in [0.1, 0.15) is 0 Å². The van der Waals surface area contributed by atoms with Crippen LogP contribution in [0.1, 0.15) is 82.5 Å². The first kappa shape index (κ1) is 14.1. The SMILES string of the molecule is CC(C)C1CCC(c2noc([C@@H]3CCCCN3)n2)CC1. The van der Waals surface area contributed by atoms with Crippen molar-refractivity contribution in [1.82, 2.24) is 15.5 Å². The van der Waals surface area contributed by atoms with Gasteiger partial charge in [-0.05, 0) is 56.9 Å². The van der Waals surface area contributed by atoms with Crippen LogP contribution in [0.4, 0.5) is 0 Å². The molecular formula is C16H27N3O. The molecule has 0 aromatic carbocycles. The van der Waals surface area contributed by atoms with Crippen molar-refractivity contribution in [2.75, 3.05) is 6.54 Å². The lowest BCUT2D eigenvalue weighted by Crippen LogP contribution is -2.27. The van der Waals surface area contributed by atoms with Crippen LogP contribution >= 0.6 is 0 Å². The molecule has 20 heavy (non-hydrogen) atoms. The minimum Gasteiger partial charge on any atom is -0.338 e. The summed E-state index contributed by atoms with van der Waals surface area (Å²) in [6.07, 6.45) is 8.72. The molecule has 1 aliphatic heterocycles. The molecule has 0 amide bonds. The Morgan fingerprint density at radius 1 is 1.10 bits per heavy atom. The predicted octanol–water partition coefficient (Wildman–Crippen LogP) is 3.81. The molecule has 1 aromatic heterocycles. The van der Waals surface area contributed by atoms with E-state index in [4.69, 9.17) is 4.52 Å². The zero-order valence-corrected chi connectivity index (χ0v) is 12.8. The Labute approximate surface area is 121 Å². The molecule has 1 saturated carbocycles. The van der Waals surface area contributed by atoms with Gasteiger partial charge in [-0.15, -0.1) is 0 Å². The highest BCUT2D eigenvalue weighted by molar-refractivity contribution is 5.01. The van der Waals surface area contributed by atoms with E-state index < -0.39 is 0 Å². The van der Waals surface area contributed by atoms with Crippen molar-refractivity contribution < 1.29 is 4.52 Å². The molecule has 1 aromatic rings. The lowest BCUT2D eigenvalue weighted by Gasteiger charge is -2.29. The predicted molar refractivity (Wildman–Crippen MR) is 78.4 cm³/mol. The quantitative estimate of drug-likeness (QED) is 0.912. The van der Waals surface area contributed by atoms with Crippen LogP contribution in [0.2, 0.25) is 0 Å². The van der Waals surface area contributed by atoms with Crippen LogP contribution in [0.5, 0.6) is 0 Å². The van der Waals surface area contributed by atoms with Gasteiger partial charge < -0.3 is 9.84 Å². The summed E-state index contributed by atoms with van der Waals surface area (Å²) in [5.41, 5.74) is 0. The van der Waals surface area contributed by atoms with Crippen molar-refractivity contribution in [2.24, 2.45) is 11.8 Å². The van der Waals surface area contributed by atoms with E-state index in [-0.39, 0.29) is 6.04 Å². The fourth-order valence-electron chi connectivity index (χ4n) is 3.66. The average molecular weight is 277 g/mol. The number of rotatable bonds is 3. The average Bonchev–Trinajstić information content (AvgIpc) is 2.98. The molecule has 2 aliphatic rings. The van der Waals surface area contributed by atoms with Crippen molar-refractivity contribution in [2.45, 2.75) is 70.8 Å². The molecule has 0 bridgehead atoms. The number of aromatic nitrogens is 2. The second-order valence-electron chi connectivity index (χ2n) is 6.85. The van der Waals surface area contributed by atoms with Gasteiger partial charge in [-0.1, -0.05) is 25.4 Å². The van der Waals surface area contributed by atoms with Gasteiger partial charge in [0.2, 0.25) is 5.89 Å². The molecule has 1 aliphatic carbocycles. The largest absolute Gasteiger partial charge is 0.338 e. The van der Waals surface area contributed by atoms with Gasteiger partial charge in [-0.3, -0.25) is 0 Å². The number of hydrogen-bond donors (Lipinski definition) is 1. The zero-order chi connectivity index (χ0) is 13.9. The van der Waals surface area contributed by atoms with Crippen LogP contribution in [0.3, 0.4) is 0 Å². The van der Waals surface area contributed by atoms with E-state index >= 15 is 0 Å². The fraction of sp³-hybridized carbons (Fsp3) is 0.875. The number of piperidine rings is 1. The highest BCUT2D eigenvalue weighted by Gasteiger charge is 2.28. The molecule has 1 N–H and O–H groups in total. The van der Waals surface area contributed by atoms with Crippen LogP contribution in [-0.4, -0.2) is 16.7 Å². The Bertz CT molecular complexity index is 415. The number of hydrogen-bond acceptors (Lipinski definition) is 4. The third kappa shape index (κ3) is 3.05. The van der Waals surface area contributed by atoms with Crippen molar-refractivity contribution in [3.05, 3.63) is 11.7 Å². The Hall–Kier alpha value is -0.900. The molecule has 2 heterocycles. The first-order valence-electron chi connectivity index (χ1n) is 8.31. The molecule has 4 heteroatoms. The third-order valence-corrected chi connectivity index (χ3v) is 5.15. The van der Waals surface area contributed by atoms with E-state index in [0.29, 0.717) is 5.92 Å². The van der Waals surface area contributed by atoms with Crippen molar-refractivity contribution >= 4 is 0 Å². The molecule has 1 saturated heterocycles. The van der Waals surface area contributed by atoms with E-state index in [2.05, 4.69) is 29.3 Å². The highest BCUT2D eigenvalue weighted by Crippen LogP contribution is 2.38. The summed E-state index contributed by atoms with van der Waals surface area (Å²) >= 11 is 0. The van der Waals surface area contributed by atoms with Gasteiger partial charge in [0.25, 0.3) is 0 Å². The van der Waals surface area contributed by atoms with E-state index in [1.807, 2.05) is 0 Å². The first-order valence-corrected chi connectivity index (χ1v) is 8.31. The molecule has 4 nitrogen and oxygen atoms in total. The molecule has 3 rings (SSSR count). The Morgan fingerprint density at radius 2 is 1.90 bits per heavy atom. The summed E-state index contributed by atoms with van der Waals surface area (Å²) in [6, 6.07) is 0.289. The van der Waals surface area contributed by atoms with Gasteiger partial charge in [-0.25, -0.2) is 0 Å². The second kappa shape index (κ2) is 6.25. The van der Waals surface area contributed by atoms with Gasteiger partial charge >= 0.3 is 0 Å². The molecular weight excluding hydrogens is 250 g/mol. The zero-order valence-electron chi connectivity index (χ0n) is 12.8. The van der Waals surface area contributed by atoms with Crippen molar-refractivity contribution in [1.29, 1.82) is 0 Å². The van der Waals surface area contributed by atoms with Gasteiger partial charge in [0, 0.05) is 5.92 Å². The Morgan fingerprint density at radius 3 is 2.55 bits per heavy atom. The molecule has 112 valence electrons. The number of nitrogens with one attached hydrogen (secondary N) is 1. The van der Waals surface area contributed by atoms with E-state index in [1.165, 1.54) is 38.5 Å². The molecule has 0 spiro atoms. The topological polar surface area (TPSA) is 51.0 Å². The third-order valence-electron chi connectivity index (χ3n) is 5.15. The highest BCUT2D eigenvalue weighted by atomic mass is 16.5. The maximum Gasteiger partial charge on any atom is 0.243 e. The molecule has 0 unspecified atom stereocenters. The van der Waals surface area contributed by atoms with Crippen molar-refractivity contribution in [3.63, 3.8) is 0 Å². The van der Waals surface area contributed by atoms with Crippen LogP contribution in [0.25, 0.3) is 0 Å². The maximum absolute atomic E-state index is 5.51. The van der Waals surface area contributed by atoms with Crippen LogP contribution in [-0.2, 0) is 0 Å². The summed E-state index contributed by atoms with van der Waals surface area (Å²) in [5.74, 6) is 3.98. The Balaban J connectivity index is 1.60. The van der Waals surface area contributed by atoms with E-state index in [9.17, 15) is 0 Å². The van der Waals surface area contributed by atoms with Gasteiger partial charge in [0.15, 0.2) is 5.82 Å². The lowest BCUT2D eigenvalue weighted by molar-refractivity contribution is 0.250. The number of nitrogens with zero attached hydrogens (tertiary/aromatic N) is 2. The summed E-state index contributed by atoms with van der Waals surface area (Å²) in [4.78, 5) is 4.69. The van der Waals surface area contributed by atoms with Gasteiger partial charge in [-0.2, -0.15) is 4.98 Å². The monoisotopic (exact) mass is 277 g/mol. The summed E-state index contributed by atoms with van der Waals surface area (Å²) in [6.45, 7) is 5.75. The maximum atomic E-state index is 5.51. The Kier molecular flexibility index (Phi) is 4.39. The molecule has 1 atom stereocenters. The molecule has 2 fully saturated rings. The van der Waals surface area contributed by atoms with Crippen LogP contribution < -0.4 is 5.32 Å².